The first kappa shape index (κ1) is 9.52. The number of nitrogen functional groups attached to an aromatic ring is 2. The Kier molecular flexibility index (Phi) is 2.54. The highest BCUT2D eigenvalue weighted by molar-refractivity contribution is 5.63. The molecule has 1 aromatic heterocycles. The van der Waals surface area contributed by atoms with Gasteiger partial charge in [0.25, 0.3) is 0 Å². The van der Waals surface area contributed by atoms with Crippen LogP contribution in [0.25, 0.3) is 0 Å². The van der Waals surface area contributed by atoms with Crippen LogP contribution < -0.4 is 11.5 Å². The van der Waals surface area contributed by atoms with E-state index in [1.165, 1.54) is 5.56 Å². The van der Waals surface area contributed by atoms with Crippen LogP contribution in [-0.4, -0.2) is 4.98 Å². The van der Waals surface area contributed by atoms with Gasteiger partial charge in [0, 0.05) is 6.20 Å². The van der Waals surface area contributed by atoms with Crippen LogP contribution in [-0.2, 0) is 6.42 Å². The predicted molar refractivity (Wildman–Crippen MR) is 62.3 cm³/mol. The van der Waals surface area contributed by atoms with Crippen molar-refractivity contribution in [2.75, 3.05) is 11.5 Å². The Morgan fingerprint density at radius 3 is 2.47 bits per heavy atom. The molecular weight excluding hydrogens is 186 g/mol. The number of anilines is 2. The van der Waals surface area contributed by atoms with Crippen molar-refractivity contribution in [3.05, 3.63) is 53.7 Å². The molecule has 76 valence electrons. The fourth-order valence-electron chi connectivity index (χ4n) is 1.50. The van der Waals surface area contributed by atoms with Crippen LogP contribution in [0.4, 0.5) is 11.5 Å². The lowest BCUT2D eigenvalue weighted by molar-refractivity contribution is 1.17. The summed E-state index contributed by atoms with van der Waals surface area (Å²) in [5.41, 5.74) is 14.3. The fourth-order valence-corrected chi connectivity index (χ4v) is 1.50. The molecule has 0 bridgehead atoms. The van der Waals surface area contributed by atoms with Gasteiger partial charge in [0.2, 0.25) is 0 Å². The van der Waals surface area contributed by atoms with E-state index in [0.717, 1.165) is 12.0 Å². The van der Waals surface area contributed by atoms with Gasteiger partial charge in [0.05, 0.1) is 5.69 Å². The van der Waals surface area contributed by atoms with E-state index in [0.29, 0.717) is 11.5 Å². The molecule has 0 aliphatic heterocycles. The molecule has 0 aliphatic rings. The van der Waals surface area contributed by atoms with Gasteiger partial charge in [-0.15, -0.1) is 0 Å². The van der Waals surface area contributed by atoms with E-state index in [9.17, 15) is 0 Å². The Morgan fingerprint density at radius 2 is 1.73 bits per heavy atom. The van der Waals surface area contributed by atoms with Gasteiger partial charge in [-0.25, -0.2) is 4.98 Å². The Hall–Kier alpha value is -2.03. The summed E-state index contributed by atoms with van der Waals surface area (Å²) in [5, 5.41) is 0. The molecule has 0 radical (unpaired) electrons. The van der Waals surface area contributed by atoms with E-state index in [2.05, 4.69) is 17.1 Å². The van der Waals surface area contributed by atoms with Gasteiger partial charge in [0.15, 0.2) is 0 Å². The summed E-state index contributed by atoms with van der Waals surface area (Å²) >= 11 is 0. The number of rotatable bonds is 2. The molecule has 0 amide bonds. The minimum absolute atomic E-state index is 0.406. The van der Waals surface area contributed by atoms with Crippen LogP contribution in [0.3, 0.4) is 0 Å². The highest BCUT2D eigenvalue weighted by Gasteiger charge is 2.03. The van der Waals surface area contributed by atoms with Crippen molar-refractivity contribution in [3.63, 3.8) is 0 Å². The van der Waals surface area contributed by atoms with E-state index >= 15 is 0 Å². The van der Waals surface area contributed by atoms with Gasteiger partial charge < -0.3 is 11.5 Å². The SMILES string of the molecule is Nc1nccc(Cc2ccccc2)c1N. The fraction of sp³-hybridized carbons (Fsp3) is 0.0833. The molecule has 2 rings (SSSR count). The smallest absolute Gasteiger partial charge is 0.146 e. The highest BCUT2D eigenvalue weighted by atomic mass is 14.9. The van der Waals surface area contributed by atoms with Crippen LogP contribution in [0.2, 0.25) is 0 Å². The van der Waals surface area contributed by atoms with Gasteiger partial charge >= 0.3 is 0 Å². The molecule has 2 aromatic rings. The molecular formula is C12H13N3. The Morgan fingerprint density at radius 1 is 1.00 bits per heavy atom. The number of benzene rings is 1. The molecule has 0 spiro atoms. The number of aromatic nitrogens is 1. The summed E-state index contributed by atoms with van der Waals surface area (Å²) in [6.45, 7) is 0. The van der Waals surface area contributed by atoms with Crippen LogP contribution in [0.15, 0.2) is 42.6 Å². The summed E-state index contributed by atoms with van der Waals surface area (Å²) < 4.78 is 0. The highest BCUT2D eigenvalue weighted by Crippen LogP contribution is 2.19. The molecule has 4 N–H and O–H groups in total. The molecule has 3 heteroatoms. The summed E-state index contributed by atoms with van der Waals surface area (Å²) in [6.07, 6.45) is 2.48. The van der Waals surface area contributed by atoms with Gasteiger partial charge in [-0.1, -0.05) is 30.3 Å². The zero-order valence-electron chi connectivity index (χ0n) is 8.35. The zero-order valence-corrected chi connectivity index (χ0v) is 8.35. The van der Waals surface area contributed by atoms with Crippen molar-refractivity contribution in [2.45, 2.75) is 6.42 Å². The number of nitrogens with two attached hydrogens (primary N) is 2. The lowest BCUT2D eigenvalue weighted by Gasteiger charge is -2.06. The van der Waals surface area contributed by atoms with E-state index in [4.69, 9.17) is 11.5 Å². The Balaban J connectivity index is 2.29. The van der Waals surface area contributed by atoms with E-state index < -0.39 is 0 Å². The number of hydrogen-bond donors (Lipinski definition) is 2. The lowest BCUT2D eigenvalue weighted by Crippen LogP contribution is -2.02. The van der Waals surface area contributed by atoms with E-state index in [-0.39, 0.29) is 0 Å². The van der Waals surface area contributed by atoms with Crippen molar-refractivity contribution in [3.8, 4) is 0 Å². The van der Waals surface area contributed by atoms with Crippen molar-refractivity contribution in [2.24, 2.45) is 0 Å². The molecule has 1 aromatic carbocycles. The third-order valence-electron chi connectivity index (χ3n) is 2.35. The van der Waals surface area contributed by atoms with Crippen molar-refractivity contribution in [1.82, 2.24) is 4.98 Å². The van der Waals surface area contributed by atoms with Crippen molar-refractivity contribution >= 4 is 11.5 Å². The largest absolute Gasteiger partial charge is 0.396 e. The maximum absolute atomic E-state index is 5.84. The standard InChI is InChI=1S/C12H13N3/c13-11-10(6-7-15-12(11)14)8-9-4-2-1-3-5-9/h1-7H,8,13H2,(H2,14,15). The lowest BCUT2D eigenvalue weighted by atomic mass is 10.0. The van der Waals surface area contributed by atoms with Gasteiger partial charge in [-0.2, -0.15) is 0 Å². The van der Waals surface area contributed by atoms with E-state index in [1.807, 2.05) is 24.3 Å². The molecule has 15 heavy (non-hydrogen) atoms. The number of hydrogen-bond acceptors (Lipinski definition) is 3. The number of nitrogens with zero attached hydrogens (tertiary/aromatic N) is 1. The summed E-state index contributed by atoms with van der Waals surface area (Å²) in [6, 6.07) is 12.0. The molecule has 3 nitrogen and oxygen atoms in total. The van der Waals surface area contributed by atoms with Crippen molar-refractivity contribution in [1.29, 1.82) is 0 Å². The normalized spacial score (nSPS) is 10.1. The average Bonchev–Trinajstić information content (AvgIpc) is 2.26. The first-order chi connectivity index (χ1) is 7.27. The molecule has 1 heterocycles. The zero-order chi connectivity index (χ0) is 10.7. The molecule has 0 saturated heterocycles. The third-order valence-corrected chi connectivity index (χ3v) is 2.35. The second-order valence-corrected chi connectivity index (χ2v) is 3.43. The monoisotopic (exact) mass is 199 g/mol. The first-order valence-electron chi connectivity index (χ1n) is 4.80. The topological polar surface area (TPSA) is 64.9 Å². The minimum Gasteiger partial charge on any atom is -0.396 e. The number of pyridine rings is 1. The van der Waals surface area contributed by atoms with Gasteiger partial charge in [0.1, 0.15) is 5.82 Å². The summed E-state index contributed by atoms with van der Waals surface area (Å²) in [5.74, 6) is 0.406. The van der Waals surface area contributed by atoms with Crippen LogP contribution >= 0.6 is 0 Å². The van der Waals surface area contributed by atoms with Gasteiger partial charge in [-0.05, 0) is 23.6 Å². The van der Waals surface area contributed by atoms with Crippen LogP contribution in [0, 0.1) is 0 Å². The molecule has 0 unspecified atom stereocenters. The molecule has 0 atom stereocenters. The minimum atomic E-state index is 0.406. The van der Waals surface area contributed by atoms with Crippen molar-refractivity contribution < 1.29 is 0 Å². The molecule has 0 fully saturated rings. The van der Waals surface area contributed by atoms with Crippen LogP contribution in [0.5, 0.6) is 0 Å². The Bertz CT molecular complexity index is 452. The molecule has 0 aliphatic carbocycles. The first-order valence-corrected chi connectivity index (χ1v) is 4.80. The van der Waals surface area contributed by atoms with Gasteiger partial charge in [-0.3, -0.25) is 0 Å². The second-order valence-electron chi connectivity index (χ2n) is 3.43. The Labute approximate surface area is 88.8 Å². The second kappa shape index (κ2) is 4.00. The maximum atomic E-state index is 5.84. The average molecular weight is 199 g/mol. The summed E-state index contributed by atoms with van der Waals surface area (Å²) in [7, 11) is 0. The maximum Gasteiger partial charge on any atom is 0.146 e. The third kappa shape index (κ3) is 2.07. The van der Waals surface area contributed by atoms with E-state index in [1.54, 1.807) is 6.20 Å². The quantitative estimate of drug-likeness (QED) is 0.775. The molecule has 0 saturated carbocycles. The van der Waals surface area contributed by atoms with Crippen LogP contribution in [0.1, 0.15) is 11.1 Å². The predicted octanol–water partition coefficient (Wildman–Crippen LogP) is 1.84. The summed E-state index contributed by atoms with van der Waals surface area (Å²) in [4.78, 5) is 3.93.